The van der Waals surface area contributed by atoms with Gasteiger partial charge in [-0.15, -0.1) is 0 Å². The van der Waals surface area contributed by atoms with Crippen LogP contribution in [0.1, 0.15) is 32.5 Å². The van der Waals surface area contributed by atoms with Crippen molar-refractivity contribution in [3.8, 4) is 22.6 Å². The second-order valence-corrected chi connectivity index (χ2v) is 8.62. The maximum absolute atomic E-state index is 14.7. The summed E-state index contributed by atoms with van der Waals surface area (Å²) in [5, 5.41) is 13.0. The summed E-state index contributed by atoms with van der Waals surface area (Å²) in [5.74, 6) is -0.840. The zero-order chi connectivity index (χ0) is 23.9. The van der Waals surface area contributed by atoms with Gasteiger partial charge in [-0.2, -0.15) is 4.98 Å². The average Bonchev–Trinajstić information content (AvgIpc) is 3.32. The number of anilines is 1. The van der Waals surface area contributed by atoms with Gasteiger partial charge in [-0.05, 0) is 51.0 Å². The molecule has 3 aromatic heterocycles. The van der Waals surface area contributed by atoms with Gasteiger partial charge in [0.2, 0.25) is 5.71 Å². The molecule has 1 atom stereocenters. The van der Waals surface area contributed by atoms with Crippen LogP contribution in [0.3, 0.4) is 0 Å². The molecule has 0 amide bonds. The molecule has 178 valence electrons. The summed E-state index contributed by atoms with van der Waals surface area (Å²) in [5.41, 5.74) is 1.72. The fourth-order valence-corrected chi connectivity index (χ4v) is 3.88. The number of hydrogen-bond acceptors (Lipinski definition) is 7. The van der Waals surface area contributed by atoms with Gasteiger partial charge in [0.1, 0.15) is 28.7 Å². The number of aromatic amines is 1. The van der Waals surface area contributed by atoms with E-state index in [1.54, 1.807) is 12.1 Å². The predicted molar refractivity (Wildman–Crippen MR) is 122 cm³/mol. The van der Waals surface area contributed by atoms with Gasteiger partial charge in [0, 0.05) is 18.2 Å². The van der Waals surface area contributed by atoms with Gasteiger partial charge >= 0.3 is 0 Å². The molecule has 1 aliphatic carbocycles. The zero-order valence-electron chi connectivity index (χ0n) is 18.9. The van der Waals surface area contributed by atoms with Crippen molar-refractivity contribution < 1.29 is 23.0 Å². The van der Waals surface area contributed by atoms with Gasteiger partial charge in [0.05, 0.1) is 36.1 Å². The number of rotatable bonds is 9. The number of aliphatic hydroxyl groups excluding tert-OH is 1. The number of fused-ring (bicyclic) bond motifs is 1. The first-order chi connectivity index (χ1) is 16.4. The molecule has 1 aromatic carbocycles. The quantitative estimate of drug-likeness (QED) is 0.333. The molecule has 0 saturated heterocycles. The number of pyridine rings is 1. The number of benzene rings is 1. The van der Waals surface area contributed by atoms with Crippen LogP contribution < -0.4 is 5.32 Å². The molecule has 0 radical (unpaired) electrons. The number of H-pyrrole nitrogens is 1. The highest BCUT2D eigenvalue weighted by molar-refractivity contribution is 5.81. The lowest BCUT2D eigenvalue weighted by Crippen LogP contribution is -2.21. The van der Waals surface area contributed by atoms with E-state index in [4.69, 9.17) is 9.15 Å². The fourth-order valence-electron chi connectivity index (χ4n) is 3.88. The number of oxazole rings is 1. The molecule has 34 heavy (non-hydrogen) atoms. The monoisotopic (exact) mass is 469 g/mol. The molecule has 0 unspecified atom stereocenters. The van der Waals surface area contributed by atoms with Gasteiger partial charge in [-0.1, -0.05) is 0 Å². The van der Waals surface area contributed by atoms with Crippen LogP contribution in [0, 0.1) is 11.6 Å². The lowest BCUT2D eigenvalue weighted by molar-refractivity contribution is 0.140. The van der Waals surface area contributed by atoms with Crippen molar-refractivity contribution in [3.63, 3.8) is 0 Å². The molecule has 3 N–H and O–H groups in total. The van der Waals surface area contributed by atoms with E-state index in [9.17, 15) is 13.9 Å². The molecule has 8 nitrogen and oxygen atoms in total. The Morgan fingerprint density at radius 2 is 2.03 bits per heavy atom. The molecule has 3 heterocycles. The van der Waals surface area contributed by atoms with Crippen LogP contribution in [0.15, 0.2) is 34.7 Å². The predicted octanol–water partition coefficient (Wildman–Crippen LogP) is 4.42. The number of imidazole rings is 1. The van der Waals surface area contributed by atoms with Crippen LogP contribution in [0.4, 0.5) is 14.8 Å². The third kappa shape index (κ3) is 4.14. The average molecular weight is 469 g/mol. The molecular weight excluding hydrogens is 444 g/mol. The number of nitrogens with zero attached hydrogens (tertiary/aromatic N) is 3. The molecule has 10 heteroatoms. The highest BCUT2D eigenvalue weighted by atomic mass is 19.1. The summed E-state index contributed by atoms with van der Waals surface area (Å²) in [6.07, 6.45) is 1.54. The Morgan fingerprint density at radius 3 is 2.74 bits per heavy atom. The molecule has 5 rings (SSSR count). The molecule has 1 saturated carbocycles. The minimum atomic E-state index is -0.721. The molecule has 4 aromatic rings. The minimum Gasteiger partial charge on any atom is -0.404 e. The number of ether oxygens (including phenoxy) is 1. The summed E-state index contributed by atoms with van der Waals surface area (Å²) >= 11 is 0. The molecular formula is C24H25F2N5O3. The van der Waals surface area contributed by atoms with Crippen LogP contribution in [0.25, 0.3) is 33.9 Å². The van der Waals surface area contributed by atoms with Crippen LogP contribution in [-0.2, 0) is 10.2 Å². The van der Waals surface area contributed by atoms with Crippen molar-refractivity contribution in [3.05, 3.63) is 47.8 Å². The van der Waals surface area contributed by atoms with Crippen LogP contribution in [-0.4, -0.2) is 50.9 Å². The topological polar surface area (TPSA) is 109 Å². The maximum atomic E-state index is 14.7. The van der Waals surface area contributed by atoms with E-state index in [0.717, 1.165) is 18.9 Å². The smallest absolute Gasteiger partial charge is 0.297 e. The highest BCUT2D eigenvalue weighted by Crippen LogP contribution is 2.48. The Hall–Kier alpha value is -3.37. The first-order valence-electron chi connectivity index (χ1n) is 11.2. The Morgan fingerprint density at radius 1 is 1.21 bits per heavy atom. The second kappa shape index (κ2) is 8.77. The van der Waals surface area contributed by atoms with Crippen LogP contribution in [0.2, 0.25) is 0 Å². The van der Waals surface area contributed by atoms with E-state index >= 15 is 0 Å². The molecule has 0 spiro atoms. The standard InChI is InChI=1S/C24H25F2N5O3/c1-3-33-11-13(2)27-23-29-18-7-6-17(28-21(18)34-23)20-19(15-5-4-14(25)10-16(15)26)30-22(31-20)24(12-32)8-9-24/h4-7,10,13,32H,3,8-9,11-12H2,1-2H3,(H,27,29)(H,30,31)/t13-/m0/s1. The summed E-state index contributed by atoms with van der Waals surface area (Å²) < 4.78 is 39.4. The van der Waals surface area contributed by atoms with Gasteiger partial charge in [0.25, 0.3) is 6.01 Å². The number of aromatic nitrogens is 4. The van der Waals surface area contributed by atoms with Crippen molar-refractivity contribution in [1.82, 2.24) is 19.9 Å². The third-order valence-corrected chi connectivity index (χ3v) is 6.00. The Kier molecular flexibility index (Phi) is 5.78. The molecule has 0 bridgehead atoms. The lowest BCUT2D eigenvalue weighted by Gasteiger charge is -2.10. The number of nitrogens with one attached hydrogen (secondary N) is 2. The Balaban J connectivity index is 1.55. The van der Waals surface area contributed by atoms with Gasteiger partial charge in [-0.25, -0.2) is 18.7 Å². The van der Waals surface area contributed by atoms with E-state index in [1.165, 1.54) is 12.1 Å². The Labute approximate surface area is 194 Å². The van der Waals surface area contributed by atoms with Gasteiger partial charge in [0.15, 0.2) is 0 Å². The molecule has 1 fully saturated rings. The Bertz CT molecular complexity index is 1330. The number of halogens is 2. The third-order valence-electron chi connectivity index (χ3n) is 6.00. The summed E-state index contributed by atoms with van der Waals surface area (Å²) in [4.78, 5) is 16.8. The fraction of sp³-hybridized carbons (Fsp3) is 0.375. The summed E-state index contributed by atoms with van der Waals surface area (Å²) in [6, 6.07) is 7.15. The van der Waals surface area contributed by atoms with Gasteiger partial charge in [-0.3, -0.25) is 0 Å². The van der Waals surface area contributed by atoms with Crippen molar-refractivity contribution >= 4 is 17.2 Å². The number of hydrogen-bond donors (Lipinski definition) is 3. The van der Waals surface area contributed by atoms with Crippen molar-refractivity contribution in [1.29, 1.82) is 0 Å². The van der Waals surface area contributed by atoms with E-state index in [-0.39, 0.29) is 18.2 Å². The number of aliphatic hydroxyl groups is 1. The van der Waals surface area contributed by atoms with E-state index < -0.39 is 17.0 Å². The van der Waals surface area contributed by atoms with Gasteiger partial charge < -0.3 is 24.6 Å². The van der Waals surface area contributed by atoms with Crippen LogP contribution in [0.5, 0.6) is 0 Å². The first-order valence-corrected chi connectivity index (χ1v) is 11.2. The lowest BCUT2D eigenvalue weighted by atomic mass is 10.1. The first kappa shape index (κ1) is 22.4. The maximum Gasteiger partial charge on any atom is 0.297 e. The van der Waals surface area contributed by atoms with Crippen LogP contribution >= 0.6 is 0 Å². The SMILES string of the molecule is CCOC[C@H](C)Nc1nc2ccc(-c3nc(C4(CO)CC4)[nH]c3-c3ccc(F)cc3F)nc2o1. The zero-order valence-corrected chi connectivity index (χ0v) is 18.9. The van der Waals surface area contributed by atoms with E-state index in [1.807, 2.05) is 13.8 Å². The van der Waals surface area contributed by atoms with Crippen molar-refractivity contribution in [2.45, 2.75) is 38.1 Å². The van der Waals surface area contributed by atoms with E-state index in [0.29, 0.717) is 53.4 Å². The molecule has 1 aliphatic rings. The highest BCUT2D eigenvalue weighted by Gasteiger charge is 2.47. The molecule has 0 aliphatic heterocycles. The summed E-state index contributed by atoms with van der Waals surface area (Å²) in [6.45, 7) is 4.92. The van der Waals surface area contributed by atoms with Crippen molar-refractivity contribution in [2.24, 2.45) is 0 Å². The summed E-state index contributed by atoms with van der Waals surface area (Å²) in [7, 11) is 0. The second-order valence-electron chi connectivity index (χ2n) is 8.62. The van der Waals surface area contributed by atoms with Crippen molar-refractivity contribution in [2.75, 3.05) is 25.1 Å². The normalized spacial score (nSPS) is 15.6. The largest absolute Gasteiger partial charge is 0.404 e. The van der Waals surface area contributed by atoms with E-state index in [2.05, 4.69) is 25.3 Å². The minimum absolute atomic E-state index is 0.0114.